The second-order valence-electron chi connectivity index (χ2n) is 12.9. The van der Waals surface area contributed by atoms with E-state index in [2.05, 4.69) is 71.0 Å². The van der Waals surface area contributed by atoms with Gasteiger partial charge in [-0.1, -0.05) is 54.1 Å². The molecule has 4 atom stereocenters. The Balaban J connectivity index is 1.31. The molecule has 1 saturated heterocycles. The molecule has 2 bridgehead atoms. The number of aromatic nitrogens is 1. The predicted octanol–water partition coefficient (Wildman–Crippen LogP) is 5.40. The van der Waals surface area contributed by atoms with Gasteiger partial charge >= 0.3 is 0 Å². The van der Waals surface area contributed by atoms with Crippen molar-refractivity contribution in [1.82, 2.24) is 9.47 Å². The maximum Gasteiger partial charge on any atom is 0.166 e. The molecule has 2 aliphatic heterocycles. The second-order valence-corrected chi connectivity index (χ2v) is 12.9. The summed E-state index contributed by atoms with van der Waals surface area (Å²) in [5.41, 5.74) is 6.90. The SMILES string of the molecule is Cc1cccc(Cn2c3c(c4ccccc42)C[C@@]2(O)[C@H]4Cc5ccc(O)c6c5[C@@]2(CCN4CC2CC2)[C@H]3O6)c1. The molecule has 2 N–H and O–H groups in total. The van der Waals surface area contributed by atoms with Gasteiger partial charge in [0.1, 0.15) is 0 Å². The number of para-hydroxylation sites is 1. The van der Waals surface area contributed by atoms with Crippen LogP contribution < -0.4 is 4.74 Å². The van der Waals surface area contributed by atoms with Gasteiger partial charge in [-0.3, -0.25) is 4.90 Å². The maximum absolute atomic E-state index is 13.1. The molecule has 5 heteroatoms. The lowest BCUT2D eigenvalue weighted by Crippen LogP contribution is -2.74. The molecular weight excluding hydrogens is 484 g/mol. The van der Waals surface area contributed by atoms with Crippen LogP contribution in [0.3, 0.4) is 0 Å². The molecule has 0 radical (unpaired) electrons. The first-order valence-corrected chi connectivity index (χ1v) is 14.6. The minimum absolute atomic E-state index is 0.0491. The number of phenolic OH excluding ortho intramolecular Hbond substituents is 1. The van der Waals surface area contributed by atoms with Crippen molar-refractivity contribution in [3.05, 3.63) is 94.2 Å². The van der Waals surface area contributed by atoms with Gasteiger partial charge in [-0.2, -0.15) is 0 Å². The van der Waals surface area contributed by atoms with Crippen molar-refractivity contribution in [3.63, 3.8) is 0 Å². The fourth-order valence-electron chi connectivity index (χ4n) is 8.97. The highest BCUT2D eigenvalue weighted by atomic mass is 16.5. The molecule has 1 spiro atoms. The summed E-state index contributed by atoms with van der Waals surface area (Å²) in [5, 5.41) is 25.4. The summed E-state index contributed by atoms with van der Waals surface area (Å²) in [7, 11) is 0. The standard InChI is InChI=1S/C34H34N2O3/c1-20-5-4-6-22(15-20)19-36-26-8-3-2-7-24(26)25-17-34(38)28-16-23-11-12-27(37)31-29(23)33(34,32(39-31)30(25)36)13-14-35(28)18-21-9-10-21/h2-8,11-12,15,21,28,32,37-38H,9-10,13-14,16-19H2,1H3/t28-,32+,33+,34-/m1/s1. The number of piperidine rings is 1. The van der Waals surface area contributed by atoms with Crippen molar-refractivity contribution >= 4 is 10.9 Å². The van der Waals surface area contributed by atoms with Crippen molar-refractivity contribution < 1.29 is 14.9 Å². The van der Waals surface area contributed by atoms with Gasteiger partial charge in [0.15, 0.2) is 17.6 Å². The molecule has 1 saturated carbocycles. The lowest BCUT2D eigenvalue weighted by atomic mass is 9.49. The maximum atomic E-state index is 13.1. The highest BCUT2D eigenvalue weighted by molar-refractivity contribution is 5.87. The molecule has 39 heavy (non-hydrogen) atoms. The molecule has 3 aromatic carbocycles. The first-order chi connectivity index (χ1) is 19.0. The number of aliphatic hydroxyl groups is 1. The molecule has 9 rings (SSSR count). The van der Waals surface area contributed by atoms with Crippen molar-refractivity contribution in [2.45, 2.75) is 68.7 Å². The molecular formula is C34H34N2O3. The zero-order chi connectivity index (χ0) is 26.1. The minimum atomic E-state index is -0.956. The summed E-state index contributed by atoms with van der Waals surface area (Å²) >= 11 is 0. The summed E-state index contributed by atoms with van der Waals surface area (Å²) in [6, 6.07) is 21.3. The van der Waals surface area contributed by atoms with Crippen LogP contribution in [0.1, 0.15) is 58.9 Å². The molecule has 4 aromatic rings. The smallest absolute Gasteiger partial charge is 0.166 e. The van der Waals surface area contributed by atoms with Crippen molar-refractivity contribution in [1.29, 1.82) is 0 Å². The van der Waals surface area contributed by atoms with Gasteiger partial charge in [0.05, 0.1) is 16.7 Å². The number of fused-ring (bicyclic) bond motifs is 4. The van der Waals surface area contributed by atoms with E-state index in [-0.39, 0.29) is 17.9 Å². The van der Waals surface area contributed by atoms with E-state index in [1.165, 1.54) is 51.7 Å². The second kappa shape index (κ2) is 7.47. The Kier molecular flexibility index (Phi) is 4.31. The minimum Gasteiger partial charge on any atom is -0.504 e. The van der Waals surface area contributed by atoms with E-state index in [1.54, 1.807) is 6.07 Å². The van der Waals surface area contributed by atoms with E-state index in [0.717, 1.165) is 44.0 Å². The van der Waals surface area contributed by atoms with Crippen LogP contribution >= 0.6 is 0 Å². The molecule has 3 aliphatic carbocycles. The molecule has 198 valence electrons. The highest BCUT2D eigenvalue weighted by Gasteiger charge is 2.73. The number of rotatable bonds is 4. The molecule has 5 aliphatic rings. The van der Waals surface area contributed by atoms with E-state index in [9.17, 15) is 10.2 Å². The third-order valence-electron chi connectivity index (χ3n) is 10.8. The van der Waals surface area contributed by atoms with E-state index < -0.39 is 11.0 Å². The first-order valence-electron chi connectivity index (χ1n) is 14.6. The van der Waals surface area contributed by atoms with Crippen LogP contribution in [-0.2, 0) is 24.8 Å². The van der Waals surface area contributed by atoms with Gasteiger partial charge in [-0.05, 0) is 73.9 Å². The normalized spacial score (nSPS) is 30.2. The third-order valence-corrected chi connectivity index (χ3v) is 10.8. The van der Waals surface area contributed by atoms with E-state index in [4.69, 9.17) is 4.74 Å². The number of aromatic hydroxyl groups is 1. The Labute approximate surface area is 228 Å². The zero-order valence-electron chi connectivity index (χ0n) is 22.4. The van der Waals surface area contributed by atoms with Gasteiger partial charge in [-0.15, -0.1) is 0 Å². The Morgan fingerprint density at radius 1 is 1.05 bits per heavy atom. The number of likely N-dealkylation sites (tertiary alicyclic amines) is 1. The summed E-state index contributed by atoms with van der Waals surface area (Å²) < 4.78 is 9.36. The number of ether oxygens (including phenoxy) is 1. The molecule has 5 nitrogen and oxygen atoms in total. The average Bonchev–Trinajstić information content (AvgIpc) is 3.60. The van der Waals surface area contributed by atoms with Gasteiger partial charge in [0, 0.05) is 42.0 Å². The predicted molar refractivity (Wildman–Crippen MR) is 150 cm³/mol. The van der Waals surface area contributed by atoms with Crippen LogP contribution in [0.2, 0.25) is 0 Å². The number of hydrogen-bond donors (Lipinski definition) is 2. The summed E-state index contributed by atoms with van der Waals surface area (Å²) in [6.07, 6.45) is 4.54. The molecule has 2 fully saturated rings. The van der Waals surface area contributed by atoms with Gasteiger partial charge in [0.25, 0.3) is 0 Å². The average molecular weight is 519 g/mol. The summed E-state index contributed by atoms with van der Waals surface area (Å²) in [6.45, 7) is 4.94. The molecule has 1 aromatic heterocycles. The van der Waals surface area contributed by atoms with Gasteiger partial charge < -0.3 is 19.5 Å². The Bertz CT molecular complexity index is 1690. The number of phenols is 1. The first kappa shape index (κ1) is 22.5. The third kappa shape index (κ3) is 2.78. The quantitative estimate of drug-likeness (QED) is 0.380. The molecule has 0 amide bonds. The monoisotopic (exact) mass is 518 g/mol. The lowest BCUT2D eigenvalue weighted by molar-refractivity contribution is -0.173. The van der Waals surface area contributed by atoms with Crippen LogP contribution in [0.5, 0.6) is 11.5 Å². The van der Waals surface area contributed by atoms with Gasteiger partial charge in [-0.25, -0.2) is 0 Å². The highest BCUT2D eigenvalue weighted by Crippen LogP contribution is 2.69. The fourth-order valence-corrected chi connectivity index (χ4v) is 8.97. The van der Waals surface area contributed by atoms with Crippen LogP contribution in [0.25, 0.3) is 10.9 Å². The van der Waals surface area contributed by atoms with E-state index in [1.807, 2.05) is 0 Å². The van der Waals surface area contributed by atoms with E-state index in [0.29, 0.717) is 12.2 Å². The van der Waals surface area contributed by atoms with Crippen LogP contribution in [0.15, 0.2) is 60.7 Å². The Morgan fingerprint density at radius 2 is 1.92 bits per heavy atom. The lowest BCUT2D eigenvalue weighted by Gasteiger charge is -2.63. The van der Waals surface area contributed by atoms with Crippen molar-refractivity contribution in [2.24, 2.45) is 5.92 Å². The summed E-state index contributed by atoms with van der Waals surface area (Å²) in [5.74, 6) is 1.57. The molecule has 3 heterocycles. The van der Waals surface area contributed by atoms with Gasteiger partial charge in [0.2, 0.25) is 0 Å². The van der Waals surface area contributed by atoms with Crippen molar-refractivity contribution in [2.75, 3.05) is 13.1 Å². The van der Waals surface area contributed by atoms with Crippen LogP contribution in [0, 0.1) is 12.8 Å². The van der Waals surface area contributed by atoms with E-state index >= 15 is 0 Å². The number of aryl methyl sites for hydroxylation is 1. The fraction of sp³-hybridized carbons (Fsp3) is 0.412. The largest absolute Gasteiger partial charge is 0.504 e. The topological polar surface area (TPSA) is 57.9 Å². The van der Waals surface area contributed by atoms with Crippen LogP contribution in [-0.4, -0.2) is 44.4 Å². The number of hydrogen-bond acceptors (Lipinski definition) is 4. The summed E-state index contributed by atoms with van der Waals surface area (Å²) in [4.78, 5) is 2.60. The molecule has 0 unspecified atom stereocenters. The number of nitrogens with zero attached hydrogens (tertiary/aromatic N) is 2. The Hall–Kier alpha value is -3.28. The Morgan fingerprint density at radius 3 is 2.77 bits per heavy atom. The number of benzene rings is 3. The zero-order valence-corrected chi connectivity index (χ0v) is 22.4. The van der Waals surface area contributed by atoms with Crippen molar-refractivity contribution in [3.8, 4) is 11.5 Å². The van der Waals surface area contributed by atoms with Crippen LogP contribution in [0.4, 0.5) is 0 Å².